The zero-order chi connectivity index (χ0) is 7.65. The van der Waals surface area contributed by atoms with Crippen molar-refractivity contribution in [1.29, 1.82) is 0 Å². The molecule has 0 rings (SSSR count). The molecule has 0 saturated heterocycles. The van der Waals surface area contributed by atoms with E-state index >= 15 is 0 Å². The van der Waals surface area contributed by atoms with Gasteiger partial charge in [-0.1, -0.05) is 20.8 Å². The Morgan fingerprint density at radius 1 is 1.40 bits per heavy atom. The first-order chi connectivity index (χ1) is 3.85. The van der Waals surface area contributed by atoms with Gasteiger partial charge < -0.3 is 16.9 Å². The maximum atomic E-state index is 10.4. The van der Waals surface area contributed by atoms with Crippen LogP contribution in [0.3, 0.4) is 0 Å². The summed E-state index contributed by atoms with van der Waals surface area (Å²) in [7, 11) is 0. The number of rotatable bonds is 1. The summed E-state index contributed by atoms with van der Waals surface area (Å²) in [6.07, 6.45) is 0. The molecule has 0 bridgehead atoms. The first kappa shape index (κ1) is 12.1. The molecule has 1 amide bonds. The zero-order valence-electron chi connectivity index (χ0n) is 6.64. The summed E-state index contributed by atoms with van der Waals surface area (Å²) in [4.78, 5) is 10.4. The highest BCUT2D eigenvalue weighted by molar-refractivity contribution is 5.80. The Morgan fingerprint density at radius 3 is 1.70 bits per heavy atom. The fraction of sp³-hybridized carbons (Fsp3) is 0.833. The fourth-order valence-corrected chi connectivity index (χ4v) is 0.427. The van der Waals surface area contributed by atoms with Gasteiger partial charge in [0.25, 0.3) is 0 Å². The van der Waals surface area contributed by atoms with Gasteiger partial charge in [0.05, 0.1) is 6.04 Å². The van der Waals surface area contributed by atoms with Crippen LogP contribution in [0.15, 0.2) is 0 Å². The van der Waals surface area contributed by atoms with E-state index in [0.717, 1.165) is 0 Å². The molecular formula is C6H16N2O2. The molecule has 4 heteroatoms. The number of carbonyl (C=O) groups is 1. The number of amides is 1. The Labute approximate surface area is 60.9 Å². The van der Waals surface area contributed by atoms with Crippen LogP contribution < -0.4 is 11.5 Å². The number of primary amides is 1. The summed E-state index contributed by atoms with van der Waals surface area (Å²) in [5.41, 5.74) is 10.2. The Hall–Kier alpha value is -0.610. The largest absolute Gasteiger partial charge is 0.412 e. The second-order valence-corrected chi connectivity index (χ2v) is 3.25. The van der Waals surface area contributed by atoms with Crippen molar-refractivity contribution in [1.82, 2.24) is 0 Å². The average Bonchev–Trinajstić information content (AvgIpc) is 1.62. The molecule has 0 aliphatic rings. The molecule has 0 aliphatic heterocycles. The van der Waals surface area contributed by atoms with Gasteiger partial charge in [-0.25, -0.2) is 0 Å². The monoisotopic (exact) mass is 148 g/mol. The van der Waals surface area contributed by atoms with Gasteiger partial charge in [-0.2, -0.15) is 0 Å². The quantitative estimate of drug-likeness (QED) is 0.499. The number of hydrogen-bond donors (Lipinski definition) is 2. The van der Waals surface area contributed by atoms with Crippen molar-refractivity contribution in [3.8, 4) is 0 Å². The van der Waals surface area contributed by atoms with Gasteiger partial charge >= 0.3 is 0 Å². The average molecular weight is 148 g/mol. The topological polar surface area (TPSA) is 101 Å². The van der Waals surface area contributed by atoms with Crippen molar-refractivity contribution in [2.45, 2.75) is 26.8 Å². The predicted octanol–water partition coefficient (Wildman–Crippen LogP) is -0.980. The van der Waals surface area contributed by atoms with Crippen LogP contribution in [0.2, 0.25) is 0 Å². The van der Waals surface area contributed by atoms with E-state index in [-0.39, 0.29) is 10.9 Å². The van der Waals surface area contributed by atoms with Gasteiger partial charge in [0.1, 0.15) is 0 Å². The van der Waals surface area contributed by atoms with Crippen molar-refractivity contribution in [3.05, 3.63) is 0 Å². The van der Waals surface area contributed by atoms with E-state index in [4.69, 9.17) is 11.5 Å². The molecular weight excluding hydrogens is 132 g/mol. The molecule has 6 N–H and O–H groups in total. The Kier molecular flexibility index (Phi) is 4.27. The summed E-state index contributed by atoms with van der Waals surface area (Å²) >= 11 is 0. The normalized spacial score (nSPS) is 13.6. The molecule has 0 fully saturated rings. The lowest BCUT2D eigenvalue weighted by molar-refractivity contribution is -0.121. The van der Waals surface area contributed by atoms with Crippen LogP contribution in [0.25, 0.3) is 0 Å². The molecule has 1 atom stereocenters. The standard InChI is InChI=1S/C6H14N2O.H2O/c1-6(2,3)4(7)5(8)9;/h4H,7H2,1-3H3,(H2,8,9);1H2. The minimum Gasteiger partial charge on any atom is -0.412 e. The van der Waals surface area contributed by atoms with E-state index in [9.17, 15) is 4.79 Å². The van der Waals surface area contributed by atoms with Crippen molar-refractivity contribution in [2.75, 3.05) is 0 Å². The molecule has 0 spiro atoms. The molecule has 10 heavy (non-hydrogen) atoms. The van der Waals surface area contributed by atoms with Gasteiger partial charge in [-0.05, 0) is 5.41 Å². The van der Waals surface area contributed by atoms with Crippen molar-refractivity contribution < 1.29 is 10.3 Å². The minimum absolute atomic E-state index is 0. The first-order valence-electron chi connectivity index (χ1n) is 2.90. The van der Waals surface area contributed by atoms with Gasteiger partial charge in [0, 0.05) is 0 Å². The van der Waals surface area contributed by atoms with E-state index in [2.05, 4.69) is 0 Å². The summed E-state index contributed by atoms with van der Waals surface area (Å²) in [5, 5.41) is 0. The highest BCUT2D eigenvalue weighted by Gasteiger charge is 2.24. The van der Waals surface area contributed by atoms with Crippen molar-refractivity contribution >= 4 is 5.91 Å². The minimum atomic E-state index is -0.544. The summed E-state index contributed by atoms with van der Waals surface area (Å²) in [5.74, 6) is -0.442. The van der Waals surface area contributed by atoms with Crippen LogP contribution in [0.4, 0.5) is 0 Å². The zero-order valence-corrected chi connectivity index (χ0v) is 6.64. The van der Waals surface area contributed by atoms with Crippen molar-refractivity contribution in [3.63, 3.8) is 0 Å². The third kappa shape index (κ3) is 3.42. The lowest BCUT2D eigenvalue weighted by atomic mass is 9.87. The van der Waals surface area contributed by atoms with E-state index in [1.807, 2.05) is 20.8 Å². The third-order valence-electron chi connectivity index (χ3n) is 1.24. The summed E-state index contributed by atoms with van der Waals surface area (Å²) in [6, 6.07) is -0.544. The molecule has 0 aromatic heterocycles. The second-order valence-electron chi connectivity index (χ2n) is 3.25. The van der Waals surface area contributed by atoms with Crippen molar-refractivity contribution in [2.24, 2.45) is 16.9 Å². The van der Waals surface area contributed by atoms with Crippen LogP contribution in [-0.4, -0.2) is 17.4 Å². The molecule has 0 aromatic rings. The van der Waals surface area contributed by atoms with E-state index in [1.54, 1.807) is 0 Å². The lowest BCUT2D eigenvalue weighted by Gasteiger charge is -2.23. The maximum Gasteiger partial charge on any atom is 0.234 e. The molecule has 0 radical (unpaired) electrons. The summed E-state index contributed by atoms with van der Waals surface area (Å²) < 4.78 is 0. The fourth-order valence-electron chi connectivity index (χ4n) is 0.427. The smallest absolute Gasteiger partial charge is 0.234 e. The van der Waals surface area contributed by atoms with Crippen LogP contribution >= 0.6 is 0 Å². The van der Waals surface area contributed by atoms with Gasteiger partial charge in [-0.15, -0.1) is 0 Å². The van der Waals surface area contributed by atoms with Gasteiger partial charge in [0.15, 0.2) is 0 Å². The van der Waals surface area contributed by atoms with Crippen LogP contribution in [-0.2, 0) is 4.79 Å². The number of hydrogen-bond acceptors (Lipinski definition) is 2. The SMILES string of the molecule is CC(C)(C)C(N)C(N)=O.O. The Bertz CT molecular complexity index is 117. The molecule has 62 valence electrons. The van der Waals surface area contributed by atoms with E-state index < -0.39 is 11.9 Å². The Balaban J connectivity index is 0. The number of carbonyl (C=O) groups excluding carboxylic acids is 1. The summed E-state index contributed by atoms with van der Waals surface area (Å²) in [6.45, 7) is 5.63. The van der Waals surface area contributed by atoms with Gasteiger partial charge in [-0.3, -0.25) is 4.79 Å². The lowest BCUT2D eigenvalue weighted by Crippen LogP contribution is -2.46. The van der Waals surface area contributed by atoms with Crippen LogP contribution in [0.1, 0.15) is 20.8 Å². The molecule has 0 aliphatic carbocycles. The maximum absolute atomic E-state index is 10.4. The van der Waals surface area contributed by atoms with Gasteiger partial charge in [0.2, 0.25) is 5.91 Å². The predicted molar refractivity (Wildman–Crippen MR) is 40.2 cm³/mol. The molecule has 0 saturated carbocycles. The molecule has 1 unspecified atom stereocenters. The molecule has 0 aromatic carbocycles. The molecule has 0 heterocycles. The third-order valence-corrected chi connectivity index (χ3v) is 1.24. The molecule has 4 nitrogen and oxygen atoms in total. The highest BCUT2D eigenvalue weighted by Crippen LogP contribution is 2.16. The number of nitrogens with two attached hydrogens (primary N) is 2. The van der Waals surface area contributed by atoms with E-state index in [0.29, 0.717) is 0 Å². The van der Waals surface area contributed by atoms with Crippen LogP contribution in [0.5, 0.6) is 0 Å². The first-order valence-corrected chi connectivity index (χ1v) is 2.90. The highest BCUT2D eigenvalue weighted by atomic mass is 16.1. The second kappa shape index (κ2) is 3.53. The van der Waals surface area contributed by atoms with E-state index in [1.165, 1.54) is 0 Å². The Morgan fingerprint density at radius 2 is 1.70 bits per heavy atom. The van der Waals surface area contributed by atoms with Crippen LogP contribution in [0, 0.1) is 5.41 Å².